The monoisotopic (exact) mass is 302 g/mol. The van der Waals surface area contributed by atoms with Crippen LogP contribution in [0.5, 0.6) is 0 Å². The van der Waals surface area contributed by atoms with Crippen molar-refractivity contribution < 1.29 is 9.53 Å². The number of nitrogens with one attached hydrogen (secondary N) is 1. The molecule has 0 aliphatic carbocycles. The predicted octanol–water partition coefficient (Wildman–Crippen LogP) is 2.73. The summed E-state index contributed by atoms with van der Waals surface area (Å²) >= 11 is 11.9. The second kappa shape index (κ2) is 5.99. The normalized spacial score (nSPS) is 22.5. The molecule has 1 aromatic carbocycles. The molecule has 0 aromatic heterocycles. The molecule has 1 saturated heterocycles. The first kappa shape index (κ1) is 14.4. The molecule has 104 valence electrons. The van der Waals surface area contributed by atoms with Gasteiger partial charge in [-0.1, -0.05) is 23.2 Å². The molecule has 1 amide bonds. The molecule has 1 aliphatic rings. The lowest BCUT2D eigenvalue weighted by Gasteiger charge is -2.15. The molecular weight excluding hydrogens is 287 g/mol. The van der Waals surface area contributed by atoms with Crippen LogP contribution >= 0.6 is 23.2 Å². The Balaban J connectivity index is 2.04. The number of ether oxygens (including phenoxy) is 1. The minimum atomic E-state index is -0.265. The van der Waals surface area contributed by atoms with Crippen molar-refractivity contribution in [3.8, 4) is 0 Å². The topological polar surface area (TPSA) is 64.3 Å². The van der Waals surface area contributed by atoms with Gasteiger partial charge in [0.05, 0.1) is 21.7 Å². The van der Waals surface area contributed by atoms with Gasteiger partial charge in [-0.3, -0.25) is 4.79 Å². The van der Waals surface area contributed by atoms with Crippen LogP contribution < -0.4 is 11.1 Å². The first-order valence-corrected chi connectivity index (χ1v) is 6.89. The Morgan fingerprint density at radius 1 is 1.53 bits per heavy atom. The Labute approximate surface area is 122 Å². The summed E-state index contributed by atoms with van der Waals surface area (Å²) in [5.74, 6) is 0.0672. The molecule has 1 heterocycles. The summed E-state index contributed by atoms with van der Waals surface area (Å²) in [5.41, 5.74) is 6.38. The molecule has 0 bridgehead atoms. The van der Waals surface area contributed by atoms with E-state index in [9.17, 15) is 4.79 Å². The highest BCUT2D eigenvalue weighted by Crippen LogP contribution is 2.28. The molecule has 2 unspecified atom stereocenters. The molecule has 2 atom stereocenters. The number of rotatable bonds is 3. The van der Waals surface area contributed by atoms with Gasteiger partial charge in [-0.05, 0) is 25.5 Å². The van der Waals surface area contributed by atoms with Crippen LogP contribution in [0.2, 0.25) is 10.0 Å². The largest absolute Gasteiger partial charge is 0.399 e. The third-order valence-corrected chi connectivity index (χ3v) is 4.16. The molecule has 6 heteroatoms. The molecule has 1 aromatic rings. The fourth-order valence-corrected chi connectivity index (χ4v) is 2.56. The highest BCUT2D eigenvalue weighted by atomic mass is 35.5. The first-order chi connectivity index (χ1) is 8.99. The van der Waals surface area contributed by atoms with Gasteiger partial charge in [-0.25, -0.2) is 0 Å². The van der Waals surface area contributed by atoms with E-state index in [0.29, 0.717) is 23.7 Å². The Morgan fingerprint density at radius 2 is 2.26 bits per heavy atom. The molecule has 4 nitrogen and oxygen atoms in total. The van der Waals surface area contributed by atoms with E-state index in [1.165, 1.54) is 12.1 Å². The van der Waals surface area contributed by atoms with Crippen LogP contribution in [0.1, 0.15) is 23.7 Å². The van der Waals surface area contributed by atoms with Crippen molar-refractivity contribution in [3.63, 3.8) is 0 Å². The summed E-state index contributed by atoms with van der Waals surface area (Å²) in [4.78, 5) is 12.1. The third-order valence-electron chi connectivity index (χ3n) is 3.35. The van der Waals surface area contributed by atoms with Gasteiger partial charge >= 0.3 is 0 Å². The fourth-order valence-electron chi connectivity index (χ4n) is 2.14. The van der Waals surface area contributed by atoms with E-state index < -0.39 is 0 Å². The van der Waals surface area contributed by atoms with Crippen molar-refractivity contribution in [3.05, 3.63) is 27.7 Å². The Morgan fingerprint density at radius 3 is 2.89 bits per heavy atom. The molecule has 1 fully saturated rings. The summed E-state index contributed by atoms with van der Waals surface area (Å²) in [6.45, 7) is 3.31. The van der Waals surface area contributed by atoms with Gasteiger partial charge in [-0.2, -0.15) is 0 Å². The number of carbonyl (C=O) groups is 1. The second-order valence-corrected chi connectivity index (χ2v) is 5.48. The number of amides is 1. The van der Waals surface area contributed by atoms with Crippen molar-refractivity contribution in [2.45, 2.75) is 19.4 Å². The number of halogens is 2. The van der Waals surface area contributed by atoms with Gasteiger partial charge in [0.25, 0.3) is 5.91 Å². The molecule has 2 rings (SSSR count). The number of nitrogen functional groups attached to an aromatic ring is 1. The van der Waals surface area contributed by atoms with E-state index in [4.69, 9.17) is 33.7 Å². The average Bonchev–Trinajstić information content (AvgIpc) is 2.76. The maximum Gasteiger partial charge on any atom is 0.252 e. The highest BCUT2D eigenvalue weighted by molar-refractivity contribution is 6.44. The molecule has 1 aliphatic heterocycles. The molecule has 0 saturated carbocycles. The zero-order valence-electron chi connectivity index (χ0n) is 10.6. The quantitative estimate of drug-likeness (QED) is 0.844. The zero-order valence-corrected chi connectivity index (χ0v) is 12.1. The van der Waals surface area contributed by atoms with Crippen molar-refractivity contribution in [2.75, 3.05) is 18.9 Å². The number of anilines is 1. The van der Waals surface area contributed by atoms with Crippen molar-refractivity contribution in [2.24, 2.45) is 5.92 Å². The van der Waals surface area contributed by atoms with E-state index in [-0.39, 0.29) is 22.1 Å². The maximum atomic E-state index is 12.1. The summed E-state index contributed by atoms with van der Waals surface area (Å²) in [5, 5.41) is 3.36. The van der Waals surface area contributed by atoms with Gasteiger partial charge < -0.3 is 15.8 Å². The number of nitrogens with two attached hydrogens (primary N) is 1. The van der Waals surface area contributed by atoms with E-state index in [2.05, 4.69) is 5.32 Å². The van der Waals surface area contributed by atoms with Gasteiger partial charge in [0.2, 0.25) is 0 Å². The van der Waals surface area contributed by atoms with Gasteiger partial charge in [0, 0.05) is 24.8 Å². The van der Waals surface area contributed by atoms with Crippen LogP contribution in [-0.4, -0.2) is 25.2 Å². The second-order valence-electron chi connectivity index (χ2n) is 4.70. The third kappa shape index (κ3) is 3.32. The van der Waals surface area contributed by atoms with Crippen LogP contribution in [0.25, 0.3) is 0 Å². The lowest BCUT2D eigenvalue weighted by Crippen LogP contribution is -2.32. The van der Waals surface area contributed by atoms with Gasteiger partial charge in [0.15, 0.2) is 0 Å². The molecular formula is C13H16Cl2N2O2. The Bertz CT molecular complexity index is 494. The van der Waals surface area contributed by atoms with Gasteiger partial charge in [-0.15, -0.1) is 0 Å². The first-order valence-electron chi connectivity index (χ1n) is 6.13. The number of carbonyl (C=O) groups excluding carboxylic acids is 1. The summed E-state index contributed by atoms with van der Waals surface area (Å²) in [6.07, 6.45) is 1.12. The highest BCUT2D eigenvalue weighted by Gasteiger charge is 2.25. The lowest BCUT2D eigenvalue weighted by molar-refractivity contribution is 0.0907. The van der Waals surface area contributed by atoms with Crippen LogP contribution in [0.4, 0.5) is 5.69 Å². The average molecular weight is 303 g/mol. The maximum absolute atomic E-state index is 12.1. The molecule has 0 spiro atoms. The van der Waals surface area contributed by atoms with Crippen LogP contribution in [0.15, 0.2) is 12.1 Å². The summed E-state index contributed by atoms with van der Waals surface area (Å²) < 4.78 is 5.45. The molecule has 19 heavy (non-hydrogen) atoms. The lowest BCUT2D eigenvalue weighted by atomic mass is 10.0. The van der Waals surface area contributed by atoms with E-state index in [0.717, 1.165) is 13.0 Å². The minimum Gasteiger partial charge on any atom is -0.399 e. The van der Waals surface area contributed by atoms with Crippen LogP contribution in [0, 0.1) is 5.92 Å². The number of hydrogen-bond donors (Lipinski definition) is 2. The van der Waals surface area contributed by atoms with E-state index in [1.54, 1.807) is 0 Å². The SMILES string of the molecule is CC1OCCC1CNC(=O)c1cc(N)cc(Cl)c1Cl. The standard InChI is InChI=1S/C13H16Cl2N2O2/c1-7-8(2-3-19-7)6-17-13(18)10-4-9(16)5-11(14)12(10)15/h4-5,7-8H,2-3,6,16H2,1H3,(H,17,18). The summed E-state index contributed by atoms with van der Waals surface area (Å²) in [7, 11) is 0. The smallest absolute Gasteiger partial charge is 0.252 e. The van der Waals surface area contributed by atoms with Crippen molar-refractivity contribution in [1.29, 1.82) is 0 Å². The van der Waals surface area contributed by atoms with E-state index >= 15 is 0 Å². The Hall–Kier alpha value is -0.970. The number of benzene rings is 1. The minimum absolute atomic E-state index is 0.167. The van der Waals surface area contributed by atoms with Crippen LogP contribution in [-0.2, 0) is 4.74 Å². The number of hydrogen-bond acceptors (Lipinski definition) is 3. The molecule has 0 radical (unpaired) electrons. The van der Waals surface area contributed by atoms with E-state index in [1.807, 2.05) is 6.92 Å². The predicted molar refractivity (Wildman–Crippen MR) is 76.7 cm³/mol. The fraction of sp³-hybridized carbons (Fsp3) is 0.462. The van der Waals surface area contributed by atoms with Crippen molar-refractivity contribution >= 4 is 34.8 Å². The summed E-state index contributed by atoms with van der Waals surface area (Å²) in [6, 6.07) is 3.05. The molecule has 3 N–H and O–H groups in total. The Kier molecular flexibility index (Phi) is 4.55. The zero-order chi connectivity index (χ0) is 14.0. The van der Waals surface area contributed by atoms with Crippen LogP contribution in [0.3, 0.4) is 0 Å². The van der Waals surface area contributed by atoms with Crippen molar-refractivity contribution in [1.82, 2.24) is 5.32 Å². The van der Waals surface area contributed by atoms with Gasteiger partial charge in [0.1, 0.15) is 0 Å².